The van der Waals surface area contributed by atoms with Gasteiger partial charge in [0.05, 0.1) is 0 Å². The average molecular weight is 258 g/mol. The molecule has 1 aliphatic heterocycles. The third kappa shape index (κ3) is 2.79. The number of hydrogen-bond donors (Lipinski definition) is 2. The maximum absolute atomic E-state index is 3.82. The fraction of sp³-hybridized carbons (Fsp3) is 0.647. The maximum atomic E-state index is 3.82. The van der Waals surface area contributed by atoms with Crippen LogP contribution >= 0.6 is 0 Å². The highest BCUT2D eigenvalue weighted by Crippen LogP contribution is 2.34. The molecule has 3 unspecified atom stereocenters. The molecule has 0 bridgehead atoms. The van der Waals surface area contributed by atoms with Crippen molar-refractivity contribution in [1.82, 2.24) is 5.32 Å². The number of anilines is 1. The average Bonchev–Trinajstić information content (AvgIpc) is 3.03. The first-order valence-corrected chi connectivity index (χ1v) is 7.81. The second kappa shape index (κ2) is 5.54. The van der Waals surface area contributed by atoms with Crippen LogP contribution in [0.4, 0.5) is 5.69 Å². The van der Waals surface area contributed by atoms with Crippen molar-refractivity contribution in [2.24, 2.45) is 5.92 Å². The zero-order chi connectivity index (χ0) is 13.2. The van der Waals surface area contributed by atoms with Crippen LogP contribution in [0.5, 0.6) is 0 Å². The Bertz CT molecular complexity index is 435. The van der Waals surface area contributed by atoms with E-state index >= 15 is 0 Å². The largest absolute Gasteiger partial charge is 0.382 e. The van der Waals surface area contributed by atoms with Gasteiger partial charge < -0.3 is 10.6 Å². The van der Waals surface area contributed by atoms with E-state index in [4.69, 9.17) is 0 Å². The first kappa shape index (κ1) is 13.0. The van der Waals surface area contributed by atoms with Gasteiger partial charge in [0.2, 0.25) is 0 Å². The molecule has 3 rings (SSSR count). The molecular weight excluding hydrogens is 232 g/mol. The SMILES string of the molecule is Cc1ccc(NC2CCCC2C2CCCN2)c(C)c1. The van der Waals surface area contributed by atoms with E-state index in [0.29, 0.717) is 6.04 Å². The molecule has 3 atom stereocenters. The Labute approximate surface area is 117 Å². The first-order chi connectivity index (χ1) is 9.24. The Morgan fingerprint density at radius 2 is 2.00 bits per heavy atom. The molecule has 1 heterocycles. The van der Waals surface area contributed by atoms with Crippen LogP contribution in [0.15, 0.2) is 18.2 Å². The summed E-state index contributed by atoms with van der Waals surface area (Å²) < 4.78 is 0. The van der Waals surface area contributed by atoms with Gasteiger partial charge in [-0.3, -0.25) is 0 Å². The molecular formula is C17H26N2. The predicted octanol–water partition coefficient (Wildman–Crippen LogP) is 3.64. The van der Waals surface area contributed by atoms with Crippen LogP contribution in [-0.4, -0.2) is 18.6 Å². The van der Waals surface area contributed by atoms with E-state index in [1.807, 2.05) is 0 Å². The minimum absolute atomic E-state index is 0.664. The van der Waals surface area contributed by atoms with Crippen LogP contribution in [0.2, 0.25) is 0 Å². The van der Waals surface area contributed by atoms with Gasteiger partial charge in [-0.15, -0.1) is 0 Å². The highest BCUT2D eigenvalue weighted by molar-refractivity contribution is 5.52. The molecule has 1 saturated carbocycles. The summed E-state index contributed by atoms with van der Waals surface area (Å²) in [5.41, 5.74) is 4.06. The molecule has 1 aromatic carbocycles. The van der Waals surface area contributed by atoms with E-state index < -0.39 is 0 Å². The van der Waals surface area contributed by atoms with Gasteiger partial charge in [-0.1, -0.05) is 24.1 Å². The molecule has 19 heavy (non-hydrogen) atoms. The fourth-order valence-corrected chi connectivity index (χ4v) is 3.90. The van der Waals surface area contributed by atoms with Gasteiger partial charge in [-0.2, -0.15) is 0 Å². The van der Waals surface area contributed by atoms with E-state index in [1.54, 1.807) is 0 Å². The van der Waals surface area contributed by atoms with Crippen LogP contribution in [0.3, 0.4) is 0 Å². The minimum atomic E-state index is 0.664. The quantitative estimate of drug-likeness (QED) is 0.865. The Hall–Kier alpha value is -1.02. The standard InChI is InChI=1S/C17H26N2/c1-12-8-9-15(13(2)11-12)19-17-6-3-5-14(17)16-7-4-10-18-16/h8-9,11,14,16-19H,3-7,10H2,1-2H3. The lowest BCUT2D eigenvalue weighted by Gasteiger charge is -2.28. The lowest BCUT2D eigenvalue weighted by atomic mass is 9.92. The Morgan fingerprint density at radius 1 is 1.11 bits per heavy atom. The van der Waals surface area contributed by atoms with Crippen LogP contribution in [0.25, 0.3) is 0 Å². The molecule has 1 aliphatic carbocycles. The molecule has 2 fully saturated rings. The van der Waals surface area contributed by atoms with Gasteiger partial charge in [-0.05, 0) is 63.6 Å². The molecule has 0 spiro atoms. The van der Waals surface area contributed by atoms with Gasteiger partial charge in [-0.25, -0.2) is 0 Å². The highest BCUT2D eigenvalue weighted by atomic mass is 15.0. The molecule has 2 nitrogen and oxygen atoms in total. The lowest BCUT2D eigenvalue weighted by molar-refractivity contribution is 0.376. The summed E-state index contributed by atoms with van der Waals surface area (Å²) in [6.45, 7) is 5.60. The smallest absolute Gasteiger partial charge is 0.0372 e. The summed E-state index contributed by atoms with van der Waals surface area (Å²) in [5, 5.41) is 7.52. The first-order valence-electron chi connectivity index (χ1n) is 7.81. The second-order valence-electron chi connectivity index (χ2n) is 6.37. The summed E-state index contributed by atoms with van der Waals surface area (Å²) >= 11 is 0. The zero-order valence-electron chi connectivity index (χ0n) is 12.2. The van der Waals surface area contributed by atoms with E-state index in [9.17, 15) is 0 Å². The van der Waals surface area contributed by atoms with E-state index in [1.165, 1.54) is 55.5 Å². The zero-order valence-corrected chi connectivity index (χ0v) is 12.2. The van der Waals surface area contributed by atoms with Gasteiger partial charge in [0.15, 0.2) is 0 Å². The van der Waals surface area contributed by atoms with Crippen molar-refractivity contribution in [3.05, 3.63) is 29.3 Å². The number of nitrogens with one attached hydrogen (secondary N) is 2. The van der Waals surface area contributed by atoms with Crippen molar-refractivity contribution in [3.63, 3.8) is 0 Å². The van der Waals surface area contributed by atoms with Crippen LogP contribution < -0.4 is 10.6 Å². The fourth-order valence-electron chi connectivity index (χ4n) is 3.90. The number of rotatable bonds is 3. The number of aryl methyl sites for hydroxylation is 2. The van der Waals surface area contributed by atoms with E-state index in [2.05, 4.69) is 42.7 Å². The molecule has 2 aliphatic rings. The van der Waals surface area contributed by atoms with Gasteiger partial charge in [0.25, 0.3) is 0 Å². The normalized spacial score (nSPS) is 30.7. The Morgan fingerprint density at radius 3 is 2.74 bits per heavy atom. The third-order valence-electron chi connectivity index (χ3n) is 4.91. The third-order valence-corrected chi connectivity index (χ3v) is 4.91. The minimum Gasteiger partial charge on any atom is -0.382 e. The summed E-state index contributed by atoms with van der Waals surface area (Å²) in [5.74, 6) is 0.822. The Kier molecular flexibility index (Phi) is 3.79. The monoisotopic (exact) mass is 258 g/mol. The molecule has 104 valence electrons. The summed E-state index contributed by atoms with van der Waals surface area (Å²) in [6, 6.07) is 8.16. The van der Waals surface area contributed by atoms with Crippen molar-refractivity contribution in [1.29, 1.82) is 0 Å². The molecule has 0 amide bonds. The molecule has 1 saturated heterocycles. The molecule has 2 heteroatoms. The van der Waals surface area contributed by atoms with Crippen molar-refractivity contribution in [2.75, 3.05) is 11.9 Å². The van der Waals surface area contributed by atoms with Crippen LogP contribution in [-0.2, 0) is 0 Å². The number of benzene rings is 1. The predicted molar refractivity (Wildman–Crippen MR) is 81.7 cm³/mol. The van der Waals surface area contributed by atoms with Crippen LogP contribution in [0, 0.1) is 19.8 Å². The maximum Gasteiger partial charge on any atom is 0.0372 e. The van der Waals surface area contributed by atoms with Crippen molar-refractivity contribution in [3.8, 4) is 0 Å². The molecule has 0 radical (unpaired) electrons. The van der Waals surface area contributed by atoms with Gasteiger partial charge >= 0.3 is 0 Å². The van der Waals surface area contributed by atoms with E-state index in [0.717, 1.165) is 12.0 Å². The summed E-state index contributed by atoms with van der Waals surface area (Å²) in [7, 11) is 0. The molecule has 0 aromatic heterocycles. The highest BCUT2D eigenvalue weighted by Gasteiger charge is 2.34. The second-order valence-corrected chi connectivity index (χ2v) is 6.37. The lowest BCUT2D eigenvalue weighted by Crippen LogP contribution is -2.38. The molecule has 2 N–H and O–H groups in total. The van der Waals surface area contributed by atoms with Crippen LogP contribution in [0.1, 0.15) is 43.2 Å². The van der Waals surface area contributed by atoms with E-state index in [-0.39, 0.29) is 0 Å². The van der Waals surface area contributed by atoms with Gasteiger partial charge in [0, 0.05) is 17.8 Å². The topological polar surface area (TPSA) is 24.1 Å². The summed E-state index contributed by atoms with van der Waals surface area (Å²) in [6.07, 6.45) is 6.83. The Balaban J connectivity index is 1.70. The van der Waals surface area contributed by atoms with Gasteiger partial charge in [0.1, 0.15) is 0 Å². The number of hydrogen-bond acceptors (Lipinski definition) is 2. The van der Waals surface area contributed by atoms with Crippen molar-refractivity contribution >= 4 is 5.69 Å². The summed E-state index contributed by atoms with van der Waals surface area (Å²) in [4.78, 5) is 0. The van der Waals surface area contributed by atoms with Crippen molar-refractivity contribution in [2.45, 2.75) is 58.0 Å². The molecule has 1 aromatic rings. The van der Waals surface area contributed by atoms with Crippen molar-refractivity contribution < 1.29 is 0 Å².